The lowest BCUT2D eigenvalue weighted by Gasteiger charge is -2.32. The number of carbonyl (C=O) groups is 1. The van der Waals surface area contributed by atoms with Gasteiger partial charge in [-0.05, 0) is 49.4 Å². The second kappa shape index (κ2) is 11.6. The second-order valence-electron chi connectivity index (χ2n) is 9.14. The minimum atomic E-state index is -0.486. The van der Waals surface area contributed by atoms with Crippen molar-refractivity contribution in [3.63, 3.8) is 0 Å². The number of hydrogen-bond donors (Lipinski definition) is 1. The summed E-state index contributed by atoms with van der Waals surface area (Å²) in [5.41, 5.74) is 4.39. The Morgan fingerprint density at radius 3 is 2.73 bits per heavy atom. The second-order valence-corrected chi connectivity index (χ2v) is 9.67. The molecule has 10 nitrogen and oxygen atoms in total. The van der Waals surface area contributed by atoms with Gasteiger partial charge in [-0.25, -0.2) is 9.48 Å². The van der Waals surface area contributed by atoms with E-state index in [2.05, 4.69) is 36.0 Å². The van der Waals surface area contributed by atoms with Crippen molar-refractivity contribution < 1.29 is 9.53 Å². The molecule has 0 spiro atoms. The Kier molecular flexibility index (Phi) is 7.83. The van der Waals surface area contributed by atoms with E-state index in [4.69, 9.17) is 4.74 Å². The maximum Gasteiger partial charge on any atom is 0.411 e. The fourth-order valence-corrected chi connectivity index (χ4v) is 4.77. The van der Waals surface area contributed by atoms with Crippen LogP contribution < -0.4 is 10.9 Å². The number of benzene rings is 2. The highest BCUT2D eigenvalue weighted by Crippen LogP contribution is 2.21. The first kappa shape index (κ1) is 25.0. The van der Waals surface area contributed by atoms with E-state index >= 15 is 0 Å². The summed E-state index contributed by atoms with van der Waals surface area (Å²) in [6.45, 7) is 5.80. The van der Waals surface area contributed by atoms with Crippen molar-refractivity contribution in [1.82, 2.24) is 28.3 Å². The van der Waals surface area contributed by atoms with E-state index in [-0.39, 0.29) is 12.1 Å². The molecular formula is C26H29N7O3S. The van der Waals surface area contributed by atoms with Gasteiger partial charge >= 0.3 is 6.09 Å². The normalized spacial score (nSPS) is 14.6. The van der Waals surface area contributed by atoms with Gasteiger partial charge in [0.1, 0.15) is 11.0 Å². The highest BCUT2D eigenvalue weighted by atomic mass is 32.1. The average molecular weight is 520 g/mol. The average Bonchev–Trinajstić information content (AvgIpc) is 3.37. The van der Waals surface area contributed by atoms with E-state index in [0.29, 0.717) is 18.0 Å². The Morgan fingerprint density at radius 2 is 1.86 bits per heavy atom. The number of nitrogens with zero attached hydrogens (tertiary/aromatic N) is 6. The summed E-state index contributed by atoms with van der Waals surface area (Å²) in [7, 11) is 2.13. The Hall–Kier alpha value is -3.67. The molecule has 0 atom stereocenters. The smallest absolute Gasteiger partial charge is 0.411 e. The molecule has 1 saturated heterocycles. The summed E-state index contributed by atoms with van der Waals surface area (Å²) in [6.07, 6.45) is 0.313. The summed E-state index contributed by atoms with van der Waals surface area (Å²) in [6, 6.07) is 16.3. The zero-order chi connectivity index (χ0) is 25.6. The van der Waals surface area contributed by atoms with Gasteiger partial charge < -0.3 is 14.5 Å². The summed E-state index contributed by atoms with van der Waals surface area (Å²) in [5, 5.41) is 7.33. The number of nitrogens with one attached hydrogen (secondary N) is 1. The van der Waals surface area contributed by atoms with E-state index in [1.807, 2.05) is 36.4 Å². The molecule has 0 radical (unpaired) electrons. The molecule has 1 amide bonds. The molecule has 2 aromatic heterocycles. The molecule has 2 aromatic carbocycles. The van der Waals surface area contributed by atoms with Gasteiger partial charge in [0, 0.05) is 50.0 Å². The molecule has 0 saturated carbocycles. The molecule has 192 valence electrons. The fourth-order valence-electron chi connectivity index (χ4n) is 4.26. The van der Waals surface area contributed by atoms with Gasteiger partial charge in [0.15, 0.2) is 0 Å². The van der Waals surface area contributed by atoms with E-state index in [0.717, 1.165) is 73.0 Å². The largest absolute Gasteiger partial charge is 0.449 e. The molecule has 0 unspecified atom stereocenters. The Morgan fingerprint density at radius 1 is 1.03 bits per heavy atom. The van der Waals surface area contributed by atoms with Crippen LogP contribution in [0.3, 0.4) is 0 Å². The van der Waals surface area contributed by atoms with Gasteiger partial charge in [-0.3, -0.25) is 10.1 Å². The van der Waals surface area contributed by atoms with Crippen LogP contribution in [0, 0.1) is 0 Å². The van der Waals surface area contributed by atoms with Crippen molar-refractivity contribution in [2.45, 2.75) is 13.0 Å². The number of anilines is 1. The van der Waals surface area contributed by atoms with Crippen LogP contribution in [-0.4, -0.2) is 80.8 Å². The third-order valence-electron chi connectivity index (χ3n) is 6.37. The zero-order valence-corrected chi connectivity index (χ0v) is 21.5. The summed E-state index contributed by atoms with van der Waals surface area (Å²) >= 11 is 1.16. The third-order valence-corrected chi connectivity index (χ3v) is 6.93. The molecule has 37 heavy (non-hydrogen) atoms. The van der Waals surface area contributed by atoms with Crippen molar-refractivity contribution >= 4 is 34.5 Å². The van der Waals surface area contributed by atoms with Gasteiger partial charge in [0.05, 0.1) is 30.6 Å². The van der Waals surface area contributed by atoms with Crippen LogP contribution in [-0.2, 0) is 11.3 Å². The molecule has 1 aliphatic rings. The molecule has 4 aromatic rings. The van der Waals surface area contributed by atoms with Crippen molar-refractivity contribution in [1.29, 1.82) is 0 Å². The Bertz CT molecular complexity index is 1430. The molecule has 5 rings (SSSR count). The summed E-state index contributed by atoms with van der Waals surface area (Å²) in [5.74, 6) is 0. The number of amides is 1. The van der Waals surface area contributed by atoms with E-state index in [1.54, 1.807) is 12.1 Å². The molecule has 11 heteroatoms. The highest BCUT2D eigenvalue weighted by Gasteiger charge is 2.13. The maximum absolute atomic E-state index is 12.5. The number of aromatic nitrogens is 4. The molecule has 0 aliphatic carbocycles. The van der Waals surface area contributed by atoms with Gasteiger partial charge in [0.2, 0.25) is 0 Å². The van der Waals surface area contributed by atoms with Crippen LogP contribution in [0.4, 0.5) is 10.5 Å². The van der Waals surface area contributed by atoms with Gasteiger partial charge in [-0.2, -0.15) is 13.8 Å². The number of fused-ring (bicyclic) bond motifs is 1. The number of ether oxygens (including phenoxy) is 1. The van der Waals surface area contributed by atoms with E-state index in [1.165, 1.54) is 10.7 Å². The van der Waals surface area contributed by atoms with Gasteiger partial charge in [-0.1, -0.05) is 18.2 Å². The van der Waals surface area contributed by atoms with Crippen LogP contribution in [0.25, 0.3) is 22.3 Å². The molecule has 1 fully saturated rings. The van der Waals surface area contributed by atoms with Gasteiger partial charge in [0.25, 0.3) is 5.56 Å². The number of likely N-dealkylation sites (N-methyl/N-ethyl adjacent to an activating group) is 1. The number of piperazine rings is 1. The lowest BCUT2D eigenvalue weighted by Crippen LogP contribution is -2.44. The predicted molar refractivity (Wildman–Crippen MR) is 144 cm³/mol. The molecule has 1 N–H and O–H groups in total. The van der Waals surface area contributed by atoms with Crippen molar-refractivity contribution in [3.05, 3.63) is 70.5 Å². The van der Waals surface area contributed by atoms with Crippen LogP contribution in [0.1, 0.15) is 12.0 Å². The summed E-state index contributed by atoms with van der Waals surface area (Å²) in [4.78, 5) is 29.5. The Labute approximate surface area is 218 Å². The molecule has 3 heterocycles. The predicted octanol–water partition coefficient (Wildman–Crippen LogP) is 3.15. The third kappa shape index (κ3) is 6.56. The standard InChI is InChI=1S/C26H29N7O3S/c1-31-11-13-32(14-12-31)10-3-15-36-26(35)27-21-5-2-4-19(16-21)18-33-25(34)9-8-22(28-33)20-6-7-23-24(17-20)30-37-29-23/h2,4-9,16-17H,3,10-15,18H2,1H3,(H,27,35). The number of hydrogen-bond acceptors (Lipinski definition) is 9. The van der Waals surface area contributed by atoms with Crippen LogP contribution in [0.15, 0.2) is 59.4 Å². The highest BCUT2D eigenvalue weighted by molar-refractivity contribution is 7.00. The van der Waals surface area contributed by atoms with Crippen LogP contribution in [0.5, 0.6) is 0 Å². The monoisotopic (exact) mass is 519 g/mol. The Balaban J connectivity index is 1.17. The van der Waals surface area contributed by atoms with Crippen LogP contribution >= 0.6 is 11.7 Å². The molecule has 1 aliphatic heterocycles. The van der Waals surface area contributed by atoms with Gasteiger partial charge in [-0.15, -0.1) is 0 Å². The quantitative estimate of drug-likeness (QED) is 0.354. The van der Waals surface area contributed by atoms with E-state index in [9.17, 15) is 9.59 Å². The first-order chi connectivity index (χ1) is 18.0. The van der Waals surface area contributed by atoms with Crippen molar-refractivity contribution in [2.24, 2.45) is 0 Å². The lowest BCUT2D eigenvalue weighted by atomic mass is 10.1. The summed E-state index contributed by atoms with van der Waals surface area (Å²) < 4.78 is 15.3. The van der Waals surface area contributed by atoms with E-state index < -0.39 is 6.09 Å². The van der Waals surface area contributed by atoms with Crippen LogP contribution in [0.2, 0.25) is 0 Å². The minimum absolute atomic E-state index is 0.210. The first-order valence-corrected chi connectivity index (χ1v) is 13.0. The van der Waals surface area contributed by atoms with Crippen molar-refractivity contribution in [2.75, 3.05) is 51.7 Å². The lowest BCUT2D eigenvalue weighted by molar-refractivity contribution is 0.130. The zero-order valence-electron chi connectivity index (χ0n) is 20.7. The topological polar surface area (TPSA) is 105 Å². The maximum atomic E-state index is 12.5. The fraction of sp³-hybridized carbons (Fsp3) is 0.346. The number of rotatable bonds is 8. The molecule has 0 bridgehead atoms. The van der Waals surface area contributed by atoms with Crippen molar-refractivity contribution in [3.8, 4) is 11.3 Å². The number of carbonyl (C=O) groups excluding carboxylic acids is 1. The minimum Gasteiger partial charge on any atom is -0.449 e. The molecular weight excluding hydrogens is 490 g/mol. The SMILES string of the molecule is CN1CCN(CCCOC(=O)Nc2cccc(Cn3nc(-c4ccc5nsnc5c4)ccc3=O)c2)CC1. The first-order valence-electron chi connectivity index (χ1n) is 12.3.